The van der Waals surface area contributed by atoms with Gasteiger partial charge in [0.2, 0.25) is 0 Å². The van der Waals surface area contributed by atoms with Crippen molar-refractivity contribution in [2.24, 2.45) is 0 Å². The number of para-hydroxylation sites is 1. The van der Waals surface area contributed by atoms with Crippen LogP contribution in [0.1, 0.15) is 44.7 Å². The van der Waals surface area contributed by atoms with E-state index in [1.807, 2.05) is 12.1 Å². The lowest BCUT2D eigenvalue weighted by atomic mass is 10.0. The maximum Gasteiger partial charge on any atom is 0.123 e. The van der Waals surface area contributed by atoms with Crippen molar-refractivity contribution in [2.45, 2.75) is 45.2 Å². The van der Waals surface area contributed by atoms with Crippen LogP contribution in [0.5, 0.6) is 5.75 Å². The van der Waals surface area contributed by atoms with Gasteiger partial charge in [0.15, 0.2) is 0 Å². The highest BCUT2D eigenvalue weighted by Gasteiger charge is 2.17. The molecule has 0 amide bonds. The molecule has 0 aromatic heterocycles. The van der Waals surface area contributed by atoms with Crippen LogP contribution < -0.4 is 10.1 Å². The molecular formula is C16H27NO2. The van der Waals surface area contributed by atoms with Gasteiger partial charge in [-0.2, -0.15) is 0 Å². The van der Waals surface area contributed by atoms with Gasteiger partial charge in [0.25, 0.3) is 0 Å². The molecule has 1 aromatic carbocycles. The summed E-state index contributed by atoms with van der Waals surface area (Å²) in [5, 5.41) is 3.69. The largest absolute Gasteiger partial charge is 0.496 e. The molecule has 3 nitrogen and oxygen atoms in total. The Morgan fingerprint density at radius 3 is 2.47 bits per heavy atom. The van der Waals surface area contributed by atoms with Crippen molar-refractivity contribution in [3.05, 3.63) is 29.8 Å². The third-order valence-corrected chi connectivity index (χ3v) is 3.36. The van der Waals surface area contributed by atoms with Crippen molar-refractivity contribution in [3.63, 3.8) is 0 Å². The summed E-state index contributed by atoms with van der Waals surface area (Å²) in [5.41, 5.74) is 1.23. The highest BCUT2D eigenvalue weighted by molar-refractivity contribution is 5.35. The van der Waals surface area contributed by atoms with Crippen molar-refractivity contribution in [1.29, 1.82) is 0 Å². The van der Waals surface area contributed by atoms with Crippen molar-refractivity contribution in [1.82, 2.24) is 5.32 Å². The summed E-state index contributed by atoms with van der Waals surface area (Å²) in [6.07, 6.45) is 3.31. The zero-order chi connectivity index (χ0) is 14.1. The maximum absolute atomic E-state index is 5.46. The summed E-state index contributed by atoms with van der Waals surface area (Å²) in [6.45, 7) is 5.15. The van der Waals surface area contributed by atoms with Gasteiger partial charge in [-0.05, 0) is 18.9 Å². The van der Waals surface area contributed by atoms with Crippen LogP contribution in [0.2, 0.25) is 0 Å². The molecular weight excluding hydrogens is 238 g/mol. The number of benzene rings is 1. The Kier molecular flexibility index (Phi) is 7.53. The lowest BCUT2D eigenvalue weighted by Crippen LogP contribution is -2.36. The number of hydrogen-bond acceptors (Lipinski definition) is 3. The molecule has 108 valence electrons. The number of hydrogen-bond donors (Lipinski definition) is 1. The molecule has 0 bridgehead atoms. The van der Waals surface area contributed by atoms with E-state index >= 15 is 0 Å². The minimum absolute atomic E-state index is 0.308. The summed E-state index contributed by atoms with van der Waals surface area (Å²) in [6, 6.07) is 8.93. The molecule has 0 aliphatic rings. The Morgan fingerprint density at radius 2 is 1.89 bits per heavy atom. The van der Waals surface area contributed by atoms with Crippen LogP contribution in [0.15, 0.2) is 24.3 Å². The topological polar surface area (TPSA) is 30.5 Å². The first-order chi connectivity index (χ1) is 9.26. The highest BCUT2D eigenvalue weighted by atomic mass is 16.5. The minimum Gasteiger partial charge on any atom is -0.496 e. The quantitative estimate of drug-likeness (QED) is 0.740. The highest BCUT2D eigenvalue weighted by Crippen LogP contribution is 2.27. The van der Waals surface area contributed by atoms with Gasteiger partial charge in [0.1, 0.15) is 5.75 Å². The lowest BCUT2D eigenvalue weighted by Gasteiger charge is -2.26. The molecule has 2 unspecified atom stereocenters. The Hall–Kier alpha value is -1.06. The number of ether oxygens (including phenoxy) is 2. The molecule has 0 heterocycles. The van der Waals surface area contributed by atoms with Gasteiger partial charge < -0.3 is 14.8 Å². The molecule has 0 saturated carbocycles. The average molecular weight is 265 g/mol. The van der Waals surface area contributed by atoms with E-state index in [1.54, 1.807) is 14.2 Å². The summed E-state index contributed by atoms with van der Waals surface area (Å²) < 4.78 is 10.8. The second kappa shape index (κ2) is 8.94. The fourth-order valence-electron chi connectivity index (χ4n) is 2.43. The molecule has 0 radical (unpaired) electrons. The van der Waals surface area contributed by atoms with Gasteiger partial charge >= 0.3 is 0 Å². The first-order valence-electron chi connectivity index (χ1n) is 7.14. The van der Waals surface area contributed by atoms with E-state index in [1.165, 1.54) is 5.56 Å². The summed E-state index contributed by atoms with van der Waals surface area (Å²) in [5.74, 6) is 0.953. The van der Waals surface area contributed by atoms with Crippen molar-refractivity contribution in [2.75, 3.05) is 20.8 Å². The Balaban J connectivity index is 2.80. The van der Waals surface area contributed by atoms with Crippen molar-refractivity contribution < 1.29 is 9.47 Å². The second-order valence-corrected chi connectivity index (χ2v) is 4.81. The summed E-state index contributed by atoms with van der Waals surface area (Å²) >= 11 is 0. The fourth-order valence-corrected chi connectivity index (χ4v) is 2.43. The molecule has 1 N–H and O–H groups in total. The van der Waals surface area contributed by atoms with Crippen LogP contribution in [0.25, 0.3) is 0 Å². The van der Waals surface area contributed by atoms with E-state index in [4.69, 9.17) is 9.47 Å². The predicted octanol–water partition coefficient (Wildman–Crippen LogP) is 3.55. The van der Waals surface area contributed by atoms with Gasteiger partial charge in [0.05, 0.1) is 13.7 Å². The molecule has 0 saturated heterocycles. The monoisotopic (exact) mass is 265 g/mol. The first kappa shape index (κ1) is 16.0. The molecule has 1 rings (SSSR count). The van der Waals surface area contributed by atoms with Crippen LogP contribution in [-0.2, 0) is 4.74 Å². The molecule has 3 heteroatoms. The Morgan fingerprint density at radius 1 is 1.16 bits per heavy atom. The third kappa shape index (κ3) is 4.84. The minimum atomic E-state index is 0.308. The molecule has 0 aliphatic carbocycles. The van der Waals surface area contributed by atoms with Gasteiger partial charge in [-0.3, -0.25) is 0 Å². The average Bonchev–Trinajstić information content (AvgIpc) is 2.45. The van der Waals surface area contributed by atoms with Gasteiger partial charge in [-0.25, -0.2) is 0 Å². The van der Waals surface area contributed by atoms with E-state index in [-0.39, 0.29) is 0 Å². The SMILES string of the molecule is CCCC(COC)NC(CC)c1ccccc1OC. The van der Waals surface area contributed by atoms with Gasteiger partial charge in [0, 0.05) is 24.8 Å². The molecule has 19 heavy (non-hydrogen) atoms. The number of methoxy groups -OCH3 is 2. The van der Waals surface area contributed by atoms with Crippen molar-refractivity contribution in [3.8, 4) is 5.75 Å². The normalized spacial score (nSPS) is 14.1. The Bertz CT molecular complexity index is 348. The lowest BCUT2D eigenvalue weighted by molar-refractivity contribution is 0.155. The summed E-state index contributed by atoms with van der Waals surface area (Å²) in [7, 11) is 3.48. The van der Waals surface area contributed by atoms with Crippen molar-refractivity contribution >= 4 is 0 Å². The van der Waals surface area contributed by atoms with Crippen LogP contribution >= 0.6 is 0 Å². The van der Waals surface area contributed by atoms with Gasteiger partial charge in [-0.15, -0.1) is 0 Å². The maximum atomic E-state index is 5.46. The van der Waals surface area contributed by atoms with E-state index < -0.39 is 0 Å². The first-order valence-corrected chi connectivity index (χ1v) is 7.14. The molecule has 2 atom stereocenters. The smallest absolute Gasteiger partial charge is 0.123 e. The predicted molar refractivity (Wildman–Crippen MR) is 79.7 cm³/mol. The third-order valence-electron chi connectivity index (χ3n) is 3.36. The zero-order valence-electron chi connectivity index (χ0n) is 12.6. The number of rotatable bonds is 9. The second-order valence-electron chi connectivity index (χ2n) is 4.81. The zero-order valence-corrected chi connectivity index (χ0v) is 12.6. The van der Waals surface area contributed by atoms with E-state index in [0.29, 0.717) is 12.1 Å². The fraction of sp³-hybridized carbons (Fsp3) is 0.625. The van der Waals surface area contributed by atoms with E-state index in [2.05, 4.69) is 31.3 Å². The van der Waals surface area contributed by atoms with Crippen LogP contribution in [-0.4, -0.2) is 26.9 Å². The van der Waals surface area contributed by atoms with Crippen LogP contribution in [0.4, 0.5) is 0 Å². The van der Waals surface area contributed by atoms with Gasteiger partial charge in [-0.1, -0.05) is 38.5 Å². The van der Waals surface area contributed by atoms with Crippen LogP contribution in [0.3, 0.4) is 0 Å². The molecule has 1 aromatic rings. The standard InChI is InChI=1S/C16H27NO2/c1-5-9-13(12-18-3)17-15(6-2)14-10-7-8-11-16(14)19-4/h7-8,10-11,13,15,17H,5-6,9,12H2,1-4H3. The number of nitrogens with one attached hydrogen (secondary N) is 1. The summed E-state index contributed by atoms with van der Waals surface area (Å²) in [4.78, 5) is 0. The van der Waals surface area contributed by atoms with E-state index in [9.17, 15) is 0 Å². The Labute approximate surface area is 117 Å². The molecule has 0 fully saturated rings. The van der Waals surface area contributed by atoms with Crippen LogP contribution in [0, 0.1) is 0 Å². The molecule has 0 aliphatic heterocycles. The molecule has 0 spiro atoms. The van der Waals surface area contributed by atoms with E-state index in [0.717, 1.165) is 31.6 Å².